The fourth-order valence-corrected chi connectivity index (χ4v) is 1.56. The highest BCUT2D eigenvalue weighted by Crippen LogP contribution is 2.21. The molecule has 0 bridgehead atoms. The maximum atomic E-state index is 10.9. The first kappa shape index (κ1) is 12.5. The first-order chi connectivity index (χ1) is 7.74. The van der Waals surface area contributed by atoms with Gasteiger partial charge in [0.2, 0.25) is 0 Å². The molecule has 82 valence electrons. The Balaban J connectivity index is 3.35. The van der Waals surface area contributed by atoms with Gasteiger partial charge in [-0.3, -0.25) is 9.59 Å². The van der Waals surface area contributed by atoms with Crippen LogP contribution in [0.2, 0.25) is 0 Å². The SMILES string of the molecule is CC=CC=Cc1c(C=O)ccc(S)c1C=O. The van der Waals surface area contributed by atoms with E-state index in [9.17, 15) is 9.59 Å². The van der Waals surface area contributed by atoms with Gasteiger partial charge in [0.1, 0.15) is 0 Å². The molecule has 16 heavy (non-hydrogen) atoms. The summed E-state index contributed by atoms with van der Waals surface area (Å²) in [5.41, 5.74) is 1.53. The molecule has 2 nitrogen and oxygen atoms in total. The summed E-state index contributed by atoms with van der Waals surface area (Å²) in [6.45, 7) is 1.89. The standard InChI is InChI=1S/C13H12O2S/c1-2-3-4-5-11-10(8-14)6-7-13(16)12(11)9-15/h2-9,16H,1H3. The predicted octanol–water partition coefficient (Wildman–Crippen LogP) is 3.19. The monoisotopic (exact) mass is 232 g/mol. The zero-order valence-corrected chi connectivity index (χ0v) is 9.78. The third kappa shape index (κ3) is 2.70. The van der Waals surface area contributed by atoms with Crippen molar-refractivity contribution in [2.24, 2.45) is 0 Å². The lowest BCUT2D eigenvalue weighted by Crippen LogP contribution is -1.95. The summed E-state index contributed by atoms with van der Waals surface area (Å²) in [6.07, 6.45) is 8.65. The molecule has 0 unspecified atom stereocenters. The third-order valence-electron chi connectivity index (χ3n) is 2.11. The molecule has 1 aromatic carbocycles. The Morgan fingerprint density at radius 1 is 1.06 bits per heavy atom. The molecule has 0 aliphatic rings. The first-order valence-corrected chi connectivity index (χ1v) is 5.25. The second-order valence-electron chi connectivity index (χ2n) is 3.12. The average molecular weight is 232 g/mol. The molecule has 1 rings (SSSR count). The third-order valence-corrected chi connectivity index (χ3v) is 2.50. The minimum Gasteiger partial charge on any atom is -0.298 e. The van der Waals surface area contributed by atoms with Crippen LogP contribution in [0.15, 0.2) is 35.3 Å². The summed E-state index contributed by atoms with van der Waals surface area (Å²) in [4.78, 5) is 22.3. The van der Waals surface area contributed by atoms with Crippen LogP contribution in [0.3, 0.4) is 0 Å². The Labute approximate surface area is 100 Å². The molecule has 0 amide bonds. The van der Waals surface area contributed by atoms with E-state index in [4.69, 9.17) is 0 Å². The maximum absolute atomic E-state index is 10.9. The number of allylic oxidation sites excluding steroid dienone is 3. The molecule has 0 spiro atoms. The van der Waals surface area contributed by atoms with Gasteiger partial charge in [-0.2, -0.15) is 0 Å². The van der Waals surface area contributed by atoms with E-state index in [1.54, 1.807) is 24.3 Å². The van der Waals surface area contributed by atoms with Crippen molar-refractivity contribution >= 4 is 31.3 Å². The molecule has 0 aliphatic heterocycles. The van der Waals surface area contributed by atoms with Gasteiger partial charge in [0.15, 0.2) is 12.6 Å². The van der Waals surface area contributed by atoms with Crippen molar-refractivity contribution < 1.29 is 9.59 Å². The molecule has 0 radical (unpaired) electrons. The topological polar surface area (TPSA) is 34.1 Å². The molecule has 0 saturated carbocycles. The van der Waals surface area contributed by atoms with E-state index in [0.29, 0.717) is 27.9 Å². The van der Waals surface area contributed by atoms with Gasteiger partial charge < -0.3 is 0 Å². The van der Waals surface area contributed by atoms with Crippen LogP contribution in [0.1, 0.15) is 33.2 Å². The molecule has 0 heterocycles. The Kier molecular flexibility index (Phi) is 4.73. The van der Waals surface area contributed by atoms with Crippen LogP contribution in [0.25, 0.3) is 6.08 Å². The van der Waals surface area contributed by atoms with Gasteiger partial charge in [-0.15, -0.1) is 12.6 Å². The summed E-state index contributed by atoms with van der Waals surface area (Å²) < 4.78 is 0. The van der Waals surface area contributed by atoms with Crippen molar-refractivity contribution in [3.05, 3.63) is 47.1 Å². The fourth-order valence-electron chi connectivity index (χ4n) is 1.32. The number of hydrogen-bond acceptors (Lipinski definition) is 3. The van der Waals surface area contributed by atoms with Crippen molar-refractivity contribution in [3.63, 3.8) is 0 Å². The van der Waals surface area contributed by atoms with Gasteiger partial charge in [0.25, 0.3) is 0 Å². The maximum Gasteiger partial charge on any atom is 0.151 e. The highest BCUT2D eigenvalue weighted by atomic mass is 32.1. The zero-order chi connectivity index (χ0) is 12.0. The largest absolute Gasteiger partial charge is 0.298 e. The number of thiol groups is 1. The fraction of sp³-hybridized carbons (Fsp3) is 0.0769. The molecular formula is C13H12O2S. The van der Waals surface area contributed by atoms with E-state index in [1.807, 2.05) is 19.1 Å². The van der Waals surface area contributed by atoms with E-state index < -0.39 is 0 Å². The summed E-state index contributed by atoms with van der Waals surface area (Å²) >= 11 is 4.18. The molecule has 0 aromatic heterocycles. The van der Waals surface area contributed by atoms with Crippen LogP contribution < -0.4 is 0 Å². The van der Waals surface area contributed by atoms with Gasteiger partial charge in [-0.05, 0) is 24.6 Å². The van der Waals surface area contributed by atoms with Crippen LogP contribution in [0, 0.1) is 0 Å². The quantitative estimate of drug-likeness (QED) is 0.491. The van der Waals surface area contributed by atoms with Crippen molar-refractivity contribution in [1.82, 2.24) is 0 Å². The predicted molar refractivity (Wildman–Crippen MR) is 68.3 cm³/mol. The summed E-state index contributed by atoms with van der Waals surface area (Å²) in [7, 11) is 0. The highest BCUT2D eigenvalue weighted by molar-refractivity contribution is 7.80. The van der Waals surface area contributed by atoms with E-state index in [2.05, 4.69) is 12.6 Å². The molecule has 1 aromatic rings. The average Bonchev–Trinajstić information content (AvgIpc) is 2.30. The Morgan fingerprint density at radius 3 is 2.38 bits per heavy atom. The Hall–Kier alpha value is -1.61. The smallest absolute Gasteiger partial charge is 0.151 e. The van der Waals surface area contributed by atoms with Gasteiger partial charge in [0.05, 0.1) is 0 Å². The number of aldehydes is 2. The van der Waals surface area contributed by atoms with Crippen molar-refractivity contribution in [2.75, 3.05) is 0 Å². The van der Waals surface area contributed by atoms with Crippen LogP contribution in [0.5, 0.6) is 0 Å². The summed E-state index contributed by atoms with van der Waals surface area (Å²) in [5, 5.41) is 0. The van der Waals surface area contributed by atoms with Gasteiger partial charge in [-0.25, -0.2) is 0 Å². The second kappa shape index (κ2) is 6.08. The lowest BCUT2D eigenvalue weighted by Gasteiger charge is -2.05. The molecular weight excluding hydrogens is 220 g/mol. The molecule has 0 saturated heterocycles. The molecule has 0 aliphatic carbocycles. The van der Waals surface area contributed by atoms with E-state index in [-0.39, 0.29) is 0 Å². The summed E-state index contributed by atoms with van der Waals surface area (Å²) in [6, 6.07) is 3.29. The minimum absolute atomic E-state index is 0.439. The van der Waals surface area contributed by atoms with Crippen LogP contribution >= 0.6 is 12.6 Å². The number of carbonyl (C=O) groups is 2. The van der Waals surface area contributed by atoms with E-state index in [1.165, 1.54) is 0 Å². The number of carbonyl (C=O) groups excluding carboxylic acids is 2. The van der Waals surface area contributed by atoms with Crippen LogP contribution in [0.4, 0.5) is 0 Å². The Bertz CT molecular complexity index is 459. The van der Waals surface area contributed by atoms with Crippen molar-refractivity contribution in [2.45, 2.75) is 11.8 Å². The first-order valence-electron chi connectivity index (χ1n) is 4.80. The van der Waals surface area contributed by atoms with E-state index in [0.717, 1.165) is 6.29 Å². The van der Waals surface area contributed by atoms with Gasteiger partial charge in [-0.1, -0.05) is 24.3 Å². The molecule has 0 N–H and O–H groups in total. The lowest BCUT2D eigenvalue weighted by atomic mass is 10.0. The minimum atomic E-state index is 0.439. The zero-order valence-electron chi connectivity index (χ0n) is 8.88. The highest BCUT2D eigenvalue weighted by Gasteiger charge is 2.07. The number of hydrogen-bond donors (Lipinski definition) is 1. The number of rotatable bonds is 4. The van der Waals surface area contributed by atoms with Gasteiger partial charge in [0, 0.05) is 16.0 Å². The molecule has 3 heteroatoms. The number of benzene rings is 1. The lowest BCUT2D eigenvalue weighted by molar-refractivity contribution is 0.112. The molecule has 0 fully saturated rings. The Morgan fingerprint density at radius 2 is 1.81 bits per heavy atom. The molecule has 0 atom stereocenters. The van der Waals surface area contributed by atoms with Crippen LogP contribution in [-0.2, 0) is 0 Å². The summed E-state index contributed by atoms with van der Waals surface area (Å²) in [5.74, 6) is 0. The second-order valence-corrected chi connectivity index (χ2v) is 3.60. The van der Waals surface area contributed by atoms with E-state index >= 15 is 0 Å². The normalized spacial score (nSPS) is 11.1. The van der Waals surface area contributed by atoms with Gasteiger partial charge >= 0.3 is 0 Å². The van der Waals surface area contributed by atoms with Crippen molar-refractivity contribution in [1.29, 1.82) is 0 Å². The van der Waals surface area contributed by atoms with Crippen molar-refractivity contribution in [3.8, 4) is 0 Å². The van der Waals surface area contributed by atoms with Crippen LogP contribution in [-0.4, -0.2) is 12.6 Å².